The molecule has 1 radical (unpaired) electrons. The summed E-state index contributed by atoms with van der Waals surface area (Å²) in [5, 5.41) is 0. The highest BCUT2D eigenvalue weighted by molar-refractivity contribution is 5.52. The Kier molecular flexibility index (Phi) is 1.81. The van der Waals surface area contributed by atoms with E-state index in [-0.39, 0.29) is 11.5 Å². The smallest absolute Gasteiger partial charge is 0.227 e. The number of aromatic nitrogens is 1. The zero-order valence-corrected chi connectivity index (χ0v) is 6.42. The minimum absolute atomic E-state index is 0.151. The molecule has 0 unspecified atom stereocenters. The molecule has 0 aliphatic carbocycles. The van der Waals surface area contributed by atoms with E-state index in [0.717, 1.165) is 18.2 Å². The number of nitrogens with zero attached hydrogens (tertiary/aromatic N) is 1. The molecular formula is C9H4F2NO. The summed E-state index contributed by atoms with van der Waals surface area (Å²) in [6.07, 6.45) is 3.63. The van der Waals surface area contributed by atoms with Crippen LogP contribution in [0.2, 0.25) is 0 Å². The summed E-state index contributed by atoms with van der Waals surface area (Å²) in [6.45, 7) is 0. The molecule has 0 aliphatic rings. The minimum atomic E-state index is -0.659. The lowest BCUT2D eigenvalue weighted by Crippen LogP contribution is -1.83. The molecular weight excluding hydrogens is 176 g/mol. The van der Waals surface area contributed by atoms with E-state index in [1.165, 1.54) is 6.20 Å². The molecule has 4 heteroatoms. The molecule has 0 aliphatic heterocycles. The summed E-state index contributed by atoms with van der Waals surface area (Å²) in [7, 11) is 0. The van der Waals surface area contributed by atoms with Gasteiger partial charge in [0, 0.05) is 11.6 Å². The molecule has 2 aromatic rings. The molecule has 1 aromatic carbocycles. The van der Waals surface area contributed by atoms with Gasteiger partial charge in [-0.15, -0.1) is 0 Å². The second-order valence-corrected chi connectivity index (χ2v) is 2.44. The highest BCUT2D eigenvalue weighted by atomic mass is 19.1. The summed E-state index contributed by atoms with van der Waals surface area (Å²) in [5.41, 5.74) is 0.263. The Bertz CT molecular complexity index is 391. The number of rotatable bonds is 1. The molecule has 1 aromatic heterocycles. The van der Waals surface area contributed by atoms with Crippen molar-refractivity contribution in [3.8, 4) is 11.5 Å². The van der Waals surface area contributed by atoms with Crippen molar-refractivity contribution in [1.82, 2.24) is 4.98 Å². The summed E-state index contributed by atoms with van der Waals surface area (Å²) in [4.78, 5) is 3.71. The number of benzene rings is 1. The van der Waals surface area contributed by atoms with Crippen LogP contribution in [0.25, 0.3) is 11.5 Å². The molecule has 2 nitrogen and oxygen atoms in total. The second-order valence-electron chi connectivity index (χ2n) is 2.44. The molecule has 0 saturated heterocycles. The average molecular weight is 180 g/mol. The van der Waals surface area contributed by atoms with E-state index in [9.17, 15) is 8.78 Å². The maximum absolute atomic E-state index is 12.7. The first-order valence-corrected chi connectivity index (χ1v) is 3.54. The highest BCUT2D eigenvalue weighted by Crippen LogP contribution is 2.18. The molecule has 13 heavy (non-hydrogen) atoms. The van der Waals surface area contributed by atoms with E-state index in [1.54, 1.807) is 0 Å². The van der Waals surface area contributed by atoms with Crippen molar-refractivity contribution in [2.75, 3.05) is 0 Å². The van der Waals surface area contributed by atoms with E-state index in [0.29, 0.717) is 0 Å². The fourth-order valence-corrected chi connectivity index (χ4v) is 1.00. The van der Waals surface area contributed by atoms with E-state index in [4.69, 9.17) is 4.42 Å². The molecule has 0 bridgehead atoms. The van der Waals surface area contributed by atoms with Crippen LogP contribution < -0.4 is 0 Å². The van der Waals surface area contributed by atoms with Crippen LogP contribution in [-0.4, -0.2) is 4.98 Å². The first kappa shape index (κ1) is 7.91. The van der Waals surface area contributed by atoms with Crippen LogP contribution in [0.3, 0.4) is 0 Å². The molecule has 0 spiro atoms. The molecule has 0 amide bonds. The Morgan fingerprint density at radius 2 is 1.85 bits per heavy atom. The fraction of sp³-hybridized carbons (Fsp3) is 0. The Morgan fingerprint density at radius 1 is 1.15 bits per heavy atom. The van der Waals surface area contributed by atoms with Crippen LogP contribution in [0.15, 0.2) is 28.8 Å². The lowest BCUT2D eigenvalue weighted by molar-refractivity contribution is 0.557. The monoisotopic (exact) mass is 180 g/mol. The van der Waals surface area contributed by atoms with Crippen molar-refractivity contribution in [3.05, 3.63) is 42.3 Å². The average Bonchev–Trinajstić information content (AvgIpc) is 2.53. The van der Waals surface area contributed by atoms with Gasteiger partial charge in [0.15, 0.2) is 6.26 Å². The normalized spacial score (nSPS) is 10.3. The van der Waals surface area contributed by atoms with E-state index in [2.05, 4.69) is 11.2 Å². The molecule has 0 N–H and O–H groups in total. The van der Waals surface area contributed by atoms with Crippen LogP contribution in [0, 0.1) is 17.9 Å². The van der Waals surface area contributed by atoms with Crippen molar-refractivity contribution in [2.24, 2.45) is 0 Å². The summed E-state index contributed by atoms with van der Waals surface area (Å²) < 4.78 is 30.2. The standard InChI is InChI=1S/C9H4F2NO/c10-7-3-6(4-8(11)5-7)9-12-1-2-13-9/h1,3-5H. The van der Waals surface area contributed by atoms with Crippen LogP contribution in [0.1, 0.15) is 0 Å². The third-order valence-corrected chi connectivity index (χ3v) is 1.50. The summed E-state index contributed by atoms with van der Waals surface area (Å²) in [6, 6.07) is 3.07. The first-order chi connectivity index (χ1) is 6.25. The second kappa shape index (κ2) is 2.97. The SMILES string of the molecule is Fc1cc(F)cc(-c2nc[c]o2)c1. The molecule has 0 saturated carbocycles. The fourth-order valence-electron chi connectivity index (χ4n) is 1.00. The molecule has 65 valence electrons. The Labute approximate surface area is 72.8 Å². The third kappa shape index (κ3) is 1.56. The maximum atomic E-state index is 12.7. The lowest BCUT2D eigenvalue weighted by atomic mass is 10.2. The van der Waals surface area contributed by atoms with Crippen molar-refractivity contribution >= 4 is 0 Å². The van der Waals surface area contributed by atoms with E-state index < -0.39 is 11.6 Å². The molecule has 1 heterocycles. The van der Waals surface area contributed by atoms with E-state index >= 15 is 0 Å². The van der Waals surface area contributed by atoms with Crippen molar-refractivity contribution < 1.29 is 13.2 Å². The zero-order chi connectivity index (χ0) is 9.26. The van der Waals surface area contributed by atoms with Gasteiger partial charge in [-0.05, 0) is 12.1 Å². The van der Waals surface area contributed by atoms with Crippen molar-refractivity contribution in [2.45, 2.75) is 0 Å². The van der Waals surface area contributed by atoms with Crippen LogP contribution >= 0.6 is 0 Å². The molecule has 2 rings (SSSR count). The Balaban J connectivity index is 2.53. The lowest BCUT2D eigenvalue weighted by Gasteiger charge is -1.95. The van der Waals surface area contributed by atoms with Crippen LogP contribution in [-0.2, 0) is 0 Å². The maximum Gasteiger partial charge on any atom is 0.227 e. The van der Waals surface area contributed by atoms with Gasteiger partial charge in [0.25, 0.3) is 0 Å². The summed E-state index contributed by atoms with van der Waals surface area (Å²) >= 11 is 0. The van der Waals surface area contributed by atoms with Crippen LogP contribution in [0.4, 0.5) is 8.78 Å². The van der Waals surface area contributed by atoms with Gasteiger partial charge in [0.1, 0.15) is 11.6 Å². The van der Waals surface area contributed by atoms with Gasteiger partial charge in [-0.25, -0.2) is 13.8 Å². The first-order valence-electron chi connectivity index (χ1n) is 3.54. The van der Waals surface area contributed by atoms with Crippen LogP contribution in [0.5, 0.6) is 0 Å². The van der Waals surface area contributed by atoms with E-state index in [1.807, 2.05) is 0 Å². The summed E-state index contributed by atoms with van der Waals surface area (Å²) in [5.74, 6) is -1.17. The van der Waals surface area contributed by atoms with Gasteiger partial charge in [-0.3, -0.25) is 0 Å². The Morgan fingerprint density at radius 3 is 2.38 bits per heavy atom. The topological polar surface area (TPSA) is 26.0 Å². The number of hydrogen-bond acceptors (Lipinski definition) is 2. The zero-order valence-electron chi connectivity index (χ0n) is 6.42. The predicted molar refractivity (Wildman–Crippen MR) is 40.7 cm³/mol. The Hall–Kier alpha value is -1.71. The van der Waals surface area contributed by atoms with Crippen molar-refractivity contribution in [1.29, 1.82) is 0 Å². The highest BCUT2D eigenvalue weighted by Gasteiger charge is 2.06. The van der Waals surface area contributed by atoms with Gasteiger partial charge in [-0.1, -0.05) is 0 Å². The number of oxazole rings is 1. The quantitative estimate of drug-likeness (QED) is 0.673. The molecule has 0 fully saturated rings. The molecule has 0 atom stereocenters. The third-order valence-electron chi connectivity index (χ3n) is 1.50. The van der Waals surface area contributed by atoms with Gasteiger partial charge < -0.3 is 4.42 Å². The van der Waals surface area contributed by atoms with Gasteiger partial charge in [-0.2, -0.15) is 0 Å². The number of halogens is 2. The van der Waals surface area contributed by atoms with Gasteiger partial charge in [0.2, 0.25) is 5.89 Å². The van der Waals surface area contributed by atoms with Gasteiger partial charge in [0.05, 0.1) is 6.20 Å². The number of hydrogen-bond donors (Lipinski definition) is 0. The van der Waals surface area contributed by atoms with Crippen molar-refractivity contribution in [3.63, 3.8) is 0 Å². The predicted octanol–water partition coefficient (Wildman–Crippen LogP) is 2.42. The largest absolute Gasteiger partial charge is 0.433 e. The van der Waals surface area contributed by atoms with Gasteiger partial charge >= 0.3 is 0 Å². The minimum Gasteiger partial charge on any atom is -0.433 e.